The first kappa shape index (κ1) is 46.7. The first-order chi connectivity index (χ1) is 35.3. The SMILES string of the molecule is CCc1cccc2cc(O)cc(-c3ncc4c(N5CC6CCC(C5)N6)nc(OCC5(CN6CCC7(CC6)CC(F)(CN6CCN(c8ccc9c(C%10CCC(=O)NC%10=O)nn(C)c9c8)CC6)C7)CC5)nc4c3F)c12. The quantitative estimate of drug-likeness (QED) is 0.106. The standard InChI is InChI=1S/C56H65F2N11O4/c1-3-34-5-4-6-35-23-39(70)25-42(46(34)35)49-47(57)50-43(26-59-49)51(69-27-36-7-8-37(28-69)60-36)63-53(62-50)73-33-55(13-14-55)31-66-17-15-54(16-18-66)29-56(58,30-54)32-67-19-21-68(22-20-67)38-9-10-40-44(24-38)65(2)64-48(40)41-11-12-45(71)61-52(41)72/h4-6,9-10,23-26,36-37,41,60,70H,3,7-8,11-22,27-33H2,1-2H3,(H,61,71,72). The molecule has 13 rings (SSSR count). The van der Waals surface area contributed by atoms with Crippen molar-refractivity contribution in [2.24, 2.45) is 17.9 Å². The summed E-state index contributed by atoms with van der Waals surface area (Å²) in [7, 11) is 1.89. The molecule has 2 saturated carbocycles. The molecule has 3 atom stereocenters. The predicted molar refractivity (Wildman–Crippen MR) is 276 cm³/mol. The molecule has 5 saturated heterocycles. The zero-order chi connectivity index (χ0) is 49.8. The average molecular weight is 994 g/mol. The van der Waals surface area contributed by atoms with Crippen molar-refractivity contribution in [3.8, 4) is 23.0 Å². The number of hydrogen-bond acceptors (Lipinski definition) is 13. The first-order valence-corrected chi connectivity index (χ1v) is 26.8. The second-order valence-electron chi connectivity index (χ2n) is 23.0. The summed E-state index contributed by atoms with van der Waals surface area (Å²) in [5, 5.41) is 24.8. The minimum Gasteiger partial charge on any atom is -0.508 e. The fourth-order valence-corrected chi connectivity index (χ4v) is 13.9. The largest absolute Gasteiger partial charge is 0.508 e. The zero-order valence-corrected chi connectivity index (χ0v) is 41.9. The molecule has 3 unspecified atom stereocenters. The number of phenols is 1. The van der Waals surface area contributed by atoms with E-state index in [9.17, 15) is 14.7 Å². The van der Waals surface area contributed by atoms with Crippen LogP contribution in [0.15, 0.2) is 54.7 Å². The summed E-state index contributed by atoms with van der Waals surface area (Å²) in [5.74, 6) is -0.808. The van der Waals surface area contributed by atoms with E-state index in [0.29, 0.717) is 73.4 Å². The van der Waals surface area contributed by atoms with Gasteiger partial charge in [0.05, 0.1) is 29.1 Å². The number of piperidine rings is 2. The lowest BCUT2D eigenvalue weighted by atomic mass is 9.55. The number of anilines is 2. The molecule has 1 spiro atoms. The Kier molecular flexibility index (Phi) is 11.4. The molecule has 382 valence electrons. The number of ether oxygens (including phenoxy) is 1. The maximum atomic E-state index is 17.2. The molecule has 2 aliphatic carbocycles. The monoisotopic (exact) mass is 994 g/mol. The smallest absolute Gasteiger partial charge is 0.319 e. The minimum absolute atomic E-state index is 0.0377. The van der Waals surface area contributed by atoms with Crippen LogP contribution in [0.2, 0.25) is 0 Å². The number of pyridine rings is 1. The fourth-order valence-electron chi connectivity index (χ4n) is 13.9. The predicted octanol–water partition coefficient (Wildman–Crippen LogP) is 7.17. The van der Waals surface area contributed by atoms with Gasteiger partial charge in [-0.05, 0) is 129 Å². The number of aromatic nitrogens is 5. The number of likely N-dealkylation sites (tertiary alicyclic amines) is 1. The van der Waals surface area contributed by atoms with Gasteiger partial charge in [-0.3, -0.25) is 29.5 Å². The van der Waals surface area contributed by atoms with Gasteiger partial charge in [-0.2, -0.15) is 15.1 Å². The number of halogens is 2. The molecule has 3 N–H and O–H groups in total. The summed E-state index contributed by atoms with van der Waals surface area (Å²) in [6.07, 6.45) is 10.7. The van der Waals surface area contributed by atoms with Gasteiger partial charge < -0.3 is 29.9 Å². The van der Waals surface area contributed by atoms with Crippen LogP contribution in [0.1, 0.15) is 88.3 Å². The number of alkyl halides is 1. The van der Waals surface area contributed by atoms with Crippen LogP contribution < -0.4 is 25.2 Å². The molecule has 73 heavy (non-hydrogen) atoms. The highest BCUT2D eigenvalue weighted by Gasteiger charge is 2.57. The van der Waals surface area contributed by atoms with Crippen LogP contribution in [-0.2, 0) is 23.1 Å². The highest BCUT2D eigenvalue weighted by Crippen LogP contribution is 2.58. The number of carbonyl (C=O) groups excluding carboxylic acids is 2. The topological polar surface area (TPSA) is 157 Å². The molecule has 0 radical (unpaired) electrons. The van der Waals surface area contributed by atoms with Crippen molar-refractivity contribution < 1.29 is 28.2 Å². The van der Waals surface area contributed by atoms with Crippen molar-refractivity contribution >= 4 is 55.9 Å². The lowest BCUT2D eigenvalue weighted by molar-refractivity contribution is -0.134. The number of carbonyl (C=O) groups is 2. The van der Waals surface area contributed by atoms with E-state index in [1.807, 2.05) is 36.0 Å². The van der Waals surface area contributed by atoms with Gasteiger partial charge in [-0.1, -0.05) is 25.1 Å². The summed E-state index contributed by atoms with van der Waals surface area (Å²) in [6, 6.07) is 16.4. The number of hydrogen-bond donors (Lipinski definition) is 3. The number of nitrogens with one attached hydrogen (secondary N) is 2. The van der Waals surface area contributed by atoms with Gasteiger partial charge in [0, 0.05) is 106 Å². The molecular weight excluding hydrogens is 929 g/mol. The van der Waals surface area contributed by atoms with Gasteiger partial charge in [-0.15, -0.1) is 0 Å². The molecule has 2 bridgehead atoms. The molecular formula is C56H65F2N11O4. The Labute approximate surface area is 423 Å². The second kappa shape index (κ2) is 17.8. The third-order valence-corrected chi connectivity index (χ3v) is 17.8. The first-order valence-electron chi connectivity index (χ1n) is 26.8. The maximum Gasteiger partial charge on any atom is 0.319 e. The molecule has 2 amide bonds. The van der Waals surface area contributed by atoms with Crippen LogP contribution in [0.4, 0.5) is 20.3 Å². The maximum absolute atomic E-state index is 17.2. The molecule has 7 fully saturated rings. The Bertz CT molecular complexity index is 3160. The number of phenolic OH excluding ortho intramolecular Hbond substituents is 1. The Hall–Kier alpha value is -6.04. The Morgan fingerprint density at radius 1 is 0.863 bits per heavy atom. The van der Waals surface area contributed by atoms with Crippen LogP contribution in [0.3, 0.4) is 0 Å². The summed E-state index contributed by atoms with van der Waals surface area (Å²) >= 11 is 0. The number of benzene rings is 3. The Morgan fingerprint density at radius 2 is 1.63 bits per heavy atom. The number of aryl methyl sites for hydroxylation is 2. The van der Waals surface area contributed by atoms with E-state index in [2.05, 4.69) is 49.3 Å². The van der Waals surface area contributed by atoms with Crippen LogP contribution in [-0.4, -0.2) is 141 Å². The number of nitrogens with zero attached hydrogens (tertiary/aromatic N) is 9. The molecule has 3 aromatic carbocycles. The van der Waals surface area contributed by atoms with Gasteiger partial charge >= 0.3 is 6.01 Å². The summed E-state index contributed by atoms with van der Waals surface area (Å²) in [6.45, 7) is 10.5. The summed E-state index contributed by atoms with van der Waals surface area (Å²) in [4.78, 5) is 48.4. The number of imide groups is 1. The minimum atomic E-state index is -1.16. The van der Waals surface area contributed by atoms with Crippen molar-refractivity contribution in [2.45, 2.75) is 101 Å². The van der Waals surface area contributed by atoms with E-state index in [4.69, 9.17) is 24.8 Å². The van der Waals surface area contributed by atoms with E-state index >= 15 is 8.78 Å². The van der Waals surface area contributed by atoms with Crippen molar-refractivity contribution in [3.63, 3.8) is 0 Å². The van der Waals surface area contributed by atoms with E-state index < -0.39 is 17.4 Å². The lowest BCUT2D eigenvalue weighted by Crippen LogP contribution is -2.60. The molecule has 7 aliphatic rings. The number of fused-ring (bicyclic) bond motifs is 5. The van der Waals surface area contributed by atoms with Gasteiger partial charge in [0.15, 0.2) is 5.82 Å². The number of rotatable bonds is 12. The number of aromatic hydroxyl groups is 1. The van der Waals surface area contributed by atoms with Gasteiger partial charge in [0.25, 0.3) is 0 Å². The summed E-state index contributed by atoms with van der Waals surface area (Å²) in [5.41, 5.74) is 3.51. The van der Waals surface area contributed by atoms with E-state index in [1.165, 1.54) is 0 Å². The highest BCUT2D eigenvalue weighted by molar-refractivity contribution is 6.03. The Morgan fingerprint density at radius 3 is 2.37 bits per heavy atom. The fraction of sp³-hybridized carbons (Fsp3) is 0.536. The third kappa shape index (κ3) is 8.62. The third-order valence-electron chi connectivity index (χ3n) is 17.8. The van der Waals surface area contributed by atoms with Crippen molar-refractivity contribution in [2.75, 3.05) is 81.9 Å². The molecule has 5 aliphatic heterocycles. The average Bonchev–Trinajstić information content (AvgIpc) is 3.95. The lowest BCUT2D eigenvalue weighted by Gasteiger charge is -2.57. The normalized spacial score (nSPS) is 24.7. The molecule has 3 aromatic heterocycles. The van der Waals surface area contributed by atoms with Crippen LogP contribution in [0.5, 0.6) is 11.8 Å². The van der Waals surface area contributed by atoms with Gasteiger partial charge in [-0.25, -0.2) is 8.78 Å². The van der Waals surface area contributed by atoms with Crippen molar-refractivity contribution in [3.05, 3.63) is 71.8 Å². The highest BCUT2D eigenvalue weighted by atomic mass is 19.1. The van der Waals surface area contributed by atoms with Crippen LogP contribution >= 0.6 is 0 Å². The van der Waals surface area contributed by atoms with Crippen LogP contribution in [0, 0.1) is 16.6 Å². The van der Waals surface area contributed by atoms with E-state index in [1.54, 1.807) is 18.3 Å². The van der Waals surface area contributed by atoms with Gasteiger partial charge in [0.1, 0.15) is 28.4 Å². The number of piperazine rings is 2. The molecule has 8 heterocycles. The molecule has 15 nitrogen and oxygen atoms in total. The van der Waals surface area contributed by atoms with E-state index in [-0.39, 0.29) is 45.6 Å². The van der Waals surface area contributed by atoms with Gasteiger partial charge in [0.2, 0.25) is 11.8 Å². The summed E-state index contributed by atoms with van der Waals surface area (Å²) < 4.78 is 42.1. The second-order valence-corrected chi connectivity index (χ2v) is 23.0. The van der Waals surface area contributed by atoms with Crippen LogP contribution in [0.25, 0.3) is 43.8 Å². The van der Waals surface area contributed by atoms with E-state index in [0.717, 1.165) is 137 Å². The Balaban J connectivity index is 0.638. The molecule has 17 heteroatoms. The zero-order valence-electron chi connectivity index (χ0n) is 41.9. The molecule has 6 aromatic rings. The van der Waals surface area contributed by atoms with Crippen molar-refractivity contribution in [1.82, 2.24) is 45.2 Å². The number of amides is 2. The van der Waals surface area contributed by atoms with Crippen molar-refractivity contribution in [1.29, 1.82) is 0 Å².